The summed E-state index contributed by atoms with van der Waals surface area (Å²) in [5, 5.41) is 5.15. The van der Waals surface area contributed by atoms with Crippen LogP contribution in [0.25, 0.3) is 54.9 Å². The third-order valence-corrected chi connectivity index (χ3v) is 12.4. The van der Waals surface area contributed by atoms with Gasteiger partial charge >= 0.3 is 0 Å². The molecule has 0 amide bonds. The Labute approximate surface area is 313 Å². The molecule has 0 saturated heterocycles. The quantitative estimate of drug-likeness (QED) is 0.167. The third-order valence-electron chi connectivity index (χ3n) is 12.4. The minimum atomic E-state index is -0.0970. The van der Waals surface area contributed by atoms with E-state index in [2.05, 4.69) is 198 Å². The Morgan fingerprint density at radius 1 is 0.377 bits per heavy atom. The second kappa shape index (κ2) is 11.3. The molecule has 1 nitrogen and oxygen atoms in total. The van der Waals surface area contributed by atoms with Crippen molar-refractivity contribution in [3.8, 4) is 33.4 Å². The summed E-state index contributed by atoms with van der Waals surface area (Å²) in [6.07, 6.45) is 0. The lowest BCUT2D eigenvalue weighted by Crippen LogP contribution is -2.18. The summed E-state index contributed by atoms with van der Waals surface area (Å²) in [5.41, 5.74) is 19.4. The number of benzene rings is 8. The lowest BCUT2D eigenvalue weighted by molar-refractivity contribution is 0.660. The Kier molecular flexibility index (Phi) is 6.77. The number of hydrogen-bond donors (Lipinski definition) is 0. The van der Waals surface area contributed by atoms with Gasteiger partial charge in [0.1, 0.15) is 0 Å². The summed E-state index contributed by atoms with van der Waals surface area (Å²) in [6.45, 7) is 14.1. The molecule has 0 unspecified atom stereocenters. The molecule has 0 heterocycles. The van der Waals surface area contributed by atoms with Gasteiger partial charge in [0.05, 0.1) is 5.69 Å². The van der Waals surface area contributed by atoms with E-state index in [0.29, 0.717) is 0 Å². The van der Waals surface area contributed by atoms with E-state index < -0.39 is 0 Å². The fourth-order valence-corrected chi connectivity index (χ4v) is 9.83. The summed E-state index contributed by atoms with van der Waals surface area (Å²) in [6, 6.07) is 57.0. The smallest absolute Gasteiger partial charge is 0.0520 e. The van der Waals surface area contributed by atoms with Crippen molar-refractivity contribution in [1.82, 2.24) is 0 Å². The van der Waals surface area contributed by atoms with E-state index in [-0.39, 0.29) is 10.8 Å². The highest BCUT2D eigenvalue weighted by atomic mass is 15.1. The normalized spacial score (nSPS) is 14.5. The van der Waals surface area contributed by atoms with Crippen LogP contribution in [0.1, 0.15) is 61.1 Å². The fraction of sp³-hybridized carbons (Fsp3) is 0.154. The minimum absolute atomic E-state index is 0.0970. The van der Waals surface area contributed by atoms with Gasteiger partial charge in [-0.15, -0.1) is 0 Å². The molecule has 0 bridgehead atoms. The van der Waals surface area contributed by atoms with Crippen molar-refractivity contribution in [3.05, 3.63) is 185 Å². The Hall–Kier alpha value is -5.92. The van der Waals surface area contributed by atoms with Crippen LogP contribution < -0.4 is 4.90 Å². The van der Waals surface area contributed by atoms with Crippen LogP contribution in [0.5, 0.6) is 0 Å². The molecule has 2 aliphatic carbocycles. The lowest BCUT2D eigenvalue weighted by atomic mass is 9.82. The van der Waals surface area contributed by atoms with Crippen molar-refractivity contribution in [2.45, 2.75) is 52.4 Å². The van der Waals surface area contributed by atoms with Gasteiger partial charge in [0, 0.05) is 22.2 Å². The number of fused-ring (bicyclic) bond motifs is 9. The van der Waals surface area contributed by atoms with Gasteiger partial charge in [0.25, 0.3) is 0 Å². The predicted octanol–water partition coefficient (Wildman–Crippen LogP) is 14.4. The van der Waals surface area contributed by atoms with Crippen molar-refractivity contribution in [1.29, 1.82) is 0 Å². The number of aryl methyl sites for hydroxylation is 2. The zero-order valence-electron chi connectivity index (χ0n) is 31.4. The number of hydrogen-bond acceptors (Lipinski definition) is 1. The van der Waals surface area contributed by atoms with Crippen LogP contribution in [0, 0.1) is 13.8 Å². The summed E-state index contributed by atoms with van der Waals surface area (Å²) >= 11 is 0. The molecule has 53 heavy (non-hydrogen) atoms. The summed E-state index contributed by atoms with van der Waals surface area (Å²) in [7, 11) is 0. The first-order chi connectivity index (χ1) is 25.6. The van der Waals surface area contributed by atoms with E-state index in [1.165, 1.54) is 105 Å². The SMILES string of the molecule is Cc1cc(-c2cc3ccccc3c3ccccc23)cc(C)c1N(c1ccc2c(c1)C(C)(C)c1ccccc1-2)c1ccc2c(c1)C(C)(C)c1ccccc1-2. The first kappa shape index (κ1) is 31.8. The first-order valence-electron chi connectivity index (χ1n) is 18.9. The first-order valence-corrected chi connectivity index (χ1v) is 18.9. The Morgan fingerprint density at radius 3 is 1.40 bits per heavy atom. The lowest BCUT2D eigenvalue weighted by Gasteiger charge is -2.32. The fourth-order valence-electron chi connectivity index (χ4n) is 9.83. The molecule has 256 valence electrons. The largest absolute Gasteiger partial charge is 0.310 e. The second-order valence-electron chi connectivity index (χ2n) is 16.3. The van der Waals surface area contributed by atoms with Crippen LogP contribution >= 0.6 is 0 Å². The molecule has 8 aromatic carbocycles. The molecule has 0 spiro atoms. The van der Waals surface area contributed by atoms with E-state index in [1.807, 2.05) is 0 Å². The van der Waals surface area contributed by atoms with Crippen LogP contribution in [-0.2, 0) is 10.8 Å². The monoisotopic (exact) mass is 681 g/mol. The van der Waals surface area contributed by atoms with Gasteiger partial charge in [-0.1, -0.05) is 137 Å². The highest BCUT2D eigenvalue weighted by Crippen LogP contribution is 2.54. The van der Waals surface area contributed by atoms with Crippen LogP contribution in [0.3, 0.4) is 0 Å². The average molecular weight is 682 g/mol. The van der Waals surface area contributed by atoms with E-state index in [4.69, 9.17) is 0 Å². The van der Waals surface area contributed by atoms with Crippen molar-refractivity contribution in [2.24, 2.45) is 0 Å². The van der Waals surface area contributed by atoms with Gasteiger partial charge in [-0.3, -0.25) is 0 Å². The van der Waals surface area contributed by atoms with E-state index in [9.17, 15) is 0 Å². The van der Waals surface area contributed by atoms with Crippen LogP contribution in [-0.4, -0.2) is 0 Å². The van der Waals surface area contributed by atoms with Gasteiger partial charge in [0.15, 0.2) is 0 Å². The van der Waals surface area contributed by atoms with E-state index in [0.717, 1.165) is 0 Å². The van der Waals surface area contributed by atoms with Gasteiger partial charge in [0.2, 0.25) is 0 Å². The molecule has 0 radical (unpaired) electrons. The van der Waals surface area contributed by atoms with Crippen molar-refractivity contribution in [3.63, 3.8) is 0 Å². The highest BCUT2D eigenvalue weighted by molar-refractivity contribution is 6.14. The topological polar surface area (TPSA) is 3.24 Å². The molecule has 2 aliphatic rings. The molecule has 0 aromatic heterocycles. The van der Waals surface area contributed by atoms with E-state index in [1.54, 1.807) is 0 Å². The minimum Gasteiger partial charge on any atom is -0.310 e. The standard InChI is InChI=1S/C52H43N/c1-32-27-35(45-29-34-15-7-8-16-38(34)39-17-9-10-18-40(39)45)28-33(2)50(32)53(36-23-25-43-41-19-11-13-21-46(41)51(3,4)48(43)30-36)37-24-26-44-42-20-12-14-22-47(42)52(5,6)49(44)31-37/h7-31H,1-6H3. The van der Waals surface area contributed by atoms with Gasteiger partial charge < -0.3 is 4.90 Å². The van der Waals surface area contributed by atoms with Crippen LogP contribution in [0.4, 0.5) is 17.1 Å². The van der Waals surface area contributed by atoms with Crippen molar-refractivity contribution in [2.75, 3.05) is 4.90 Å². The highest BCUT2D eigenvalue weighted by Gasteiger charge is 2.38. The Morgan fingerprint density at radius 2 is 0.830 bits per heavy atom. The molecule has 0 aliphatic heterocycles. The maximum absolute atomic E-state index is 2.53. The number of rotatable bonds is 4. The predicted molar refractivity (Wildman–Crippen MR) is 226 cm³/mol. The molecule has 0 saturated carbocycles. The molecule has 0 atom stereocenters. The van der Waals surface area contributed by atoms with Crippen LogP contribution in [0.15, 0.2) is 152 Å². The maximum Gasteiger partial charge on any atom is 0.0520 e. The van der Waals surface area contributed by atoms with E-state index >= 15 is 0 Å². The second-order valence-corrected chi connectivity index (χ2v) is 16.3. The van der Waals surface area contributed by atoms with Crippen molar-refractivity contribution >= 4 is 38.6 Å². The van der Waals surface area contributed by atoms with Crippen molar-refractivity contribution < 1.29 is 0 Å². The number of nitrogens with zero attached hydrogens (tertiary/aromatic N) is 1. The molecule has 8 aromatic rings. The zero-order valence-corrected chi connectivity index (χ0v) is 31.4. The number of anilines is 3. The Balaban J connectivity index is 1.19. The third kappa shape index (κ3) is 4.56. The molecule has 1 heteroatoms. The maximum atomic E-state index is 2.53. The Bertz CT molecular complexity index is 2680. The molecular formula is C52H43N. The van der Waals surface area contributed by atoms with Gasteiger partial charge in [-0.05, 0) is 145 Å². The summed E-state index contributed by atoms with van der Waals surface area (Å²) < 4.78 is 0. The van der Waals surface area contributed by atoms with Gasteiger partial charge in [-0.2, -0.15) is 0 Å². The zero-order chi connectivity index (χ0) is 36.2. The average Bonchev–Trinajstić information content (AvgIpc) is 3.55. The summed E-state index contributed by atoms with van der Waals surface area (Å²) in [4.78, 5) is 2.53. The molecule has 0 fully saturated rings. The molecule has 0 N–H and O–H groups in total. The molecular weight excluding hydrogens is 639 g/mol. The molecule has 10 rings (SSSR count). The summed E-state index contributed by atoms with van der Waals surface area (Å²) in [5.74, 6) is 0. The van der Waals surface area contributed by atoms with Gasteiger partial charge in [-0.25, -0.2) is 0 Å². The van der Waals surface area contributed by atoms with Crippen LogP contribution in [0.2, 0.25) is 0 Å².